The number of rotatable bonds is 6. The van der Waals surface area contributed by atoms with Crippen LogP contribution in [-0.4, -0.2) is 10.1 Å². The third kappa shape index (κ3) is 3.17. The highest BCUT2D eigenvalue weighted by Crippen LogP contribution is 2.18. The van der Waals surface area contributed by atoms with Crippen LogP contribution in [0.15, 0.2) is 22.0 Å². The second kappa shape index (κ2) is 5.63. The fraction of sp³-hybridized carbons (Fsp3) is 0.538. The molecular formula is C13H19N3OS. The first kappa shape index (κ1) is 13.2. The summed E-state index contributed by atoms with van der Waals surface area (Å²) in [7, 11) is 0. The summed E-state index contributed by atoms with van der Waals surface area (Å²) in [6, 6.07) is 4.23. The molecule has 0 aromatic carbocycles. The van der Waals surface area contributed by atoms with Crippen LogP contribution in [-0.2, 0) is 18.4 Å². The summed E-state index contributed by atoms with van der Waals surface area (Å²) in [5.74, 6) is 1.29. The Morgan fingerprint density at radius 2 is 2.28 bits per heavy atom. The van der Waals surface area contributed by atoms with Gasteiger partial charge in [0.25, 0.3) is 0 Å². The number of aromatic nitrogens is 2. The van der Waals surface area contributed by atoms with Gasteiger partial charge in [0.15, 0.2) is 5.82 Å². The lowest BCUT2D eigenvalue weighted by Crippen LogP contribution is -2.33. The molecule has 0 aliphatic carbocycles. The summed E-state index contributed by atoms with van der Waals surface area (Å²) < 4.78 is 5.23. The molecule has 2 aromatic heterocycles. The van der Waals surface area contributed by atoms with Crippen molar-refractivity contribution < 1.29 is 4.52 Å². The standard InChI is InChI=1S/C13H19N3OS/c1-3-13(2,14)12-15-11(17-16-12)8-4-6-10-7-5-9-18-10/h5,7,9H,3-4,6,8,14H2,1-2H3. The predicted molar refractivity (Wildman–Crippen MR) is 72.5 cm³/mol. The predicted octanol–water partition coefficient (Wildman–Crippen LogP) is 2.89. The molecule has 0 saturated carbocycles. The third-order valence-electron chi connectivity index (χ3n) is 3.11. The third-order valence-corrected chi connectivity index (χ3v) is 4.04. The maximum absolute atomic E-state index is 6.07. The summed E-state index contributed by atoms with van der Waals surface area (Å²) in [5, 5.41) is 6.06. The molecule has 98 valence electrons. The Morgan fingerprint density at radius 1 is 1.44 bits per heavy atom. The SMILES string of the molecule is CCC(C)(N)c1noc(CCCc2cccs2)n1. The minimum Gasteiger partial charge on any atom is -0.339 e. The molecule has 2 rings (SSSR count). The molecule has 0 aliphatic heterocycles. The number of thiophene rings is 1. The number of aryl methyl sites for hydroxylation is 2. The molecule has 0 bridgehead atoms. The Labute approximate surface area is 111 Å². The second-order valence-corrected chi connectivity index (χ2v) is 5.75. The van der Waals surface area contributed by atoms with Crippen molar-refractivity contribution in [3.8, 4) is 0 Å². The van der Waals surface area contributed by atoms with E-state index in [-0.39, 0.29) is 0 Å². The van der Waals surface area contributed by atoms with Gasteiger partial charge in [0.2, 0.25) is 5.89 Å². The van der Waals surface area contributed by atoms with Crippen LogP contribution >= 0.6 is 11.3 Å². The molecule has 0 fully saturated rings. The van der Waals surface area contributed by atoms with Crippen molar-refractivity contribution in [3.63, 3.8) is 0 Å². The molecule has 2 N–H and O–H groups in total. The fourth-order valence-electron chi connectivity index (χ4n) is 1.62. The van der Waals surface area contributed by atoms with Gasteiger partial charge in [-0.15, -0.1) is 11.3 Å². The van der Waals surface area contributed by atoms with Crippen LogP contribution in [0, 0.1) is 0 Å². The van der Waals surface area contributed by atoms with Crippen LogP contribution in [0.2, 0.25) is 0 Å². The quantitative estimate of drug-likeness (QED) is 0.872. The molecule has 18 heavy (non-hydrogen) atoms. The van der Waals surface area contributed by atoms with Gasteiger partial charge in [-0.1, -0.05) is 18.1 Å². The van der Waals surface area contributed by atoms with Gasteiger partial charge in [0, 0.05) is 11.3 Å². The summed E-state index contributed by atoms with van der Waals surface area (Å²) in [6.07, 6.45) is 3.68. The highest BCUT2D eigenvalue weighted by Gasteiger charge is 2.24. The van der Waals surface area contributed by atoms with E-state index in [9.17, 15) is 0 Å². The topological polar surface area (TPSA) is 64.9 Å². The van der Waals surface area contributed by atoms with E-state index < -0.39 is 5.54 Å². The van der Waals surface area contributed by atoms with Gasteiger partial charge in [0.1, 0.15) is 0 Å². The van der Waals surface area contributed by atoms with E-state index in [1.54, 1.807) is 11.3 Å². The normalized spacial score (nSPS) is 14.6. The van der Waals surface area contributed by atoms with E-state index >= 15 is 0 Å². The first-order valence-electron chi connectivity index (χ1n) is 6.26. The molecule has 0 aliphatic rings. The molecule has 0 radical (unpaired) electrons. The molecule has 1 unspecified atom stereocenters. The maximum Gasteiger partial charge on any atom is 0.226 e. The van der Waals surface area contributed by atoms with Crippen molar-refractivity contribution in [2.45, 2.75) is 45.1 Å². The molecule has 0 amide bonds. The van der Waals surface area contributed by atoms with Gasteiger partial charge < -0.3 is 10.3 Å². The smallest absolute Gasteiger partial charge is 0.226 e. The van der Waals surface area contributed by atoms with Gasteiger partial charge in [-0.3, -0.25) is 0 Å². The monoisotopic (exact) mass is 265 g/mol. The lowest BCUT2D eigenvalue weighted by atomic mass is 10.0. The van der Waals surface area contributed by atoms with E-state index in [2.05, 4.69) is 27.7 Å². The van der Waals surface area contributed by atoms with Crippen LogP contribution in [0.25, 0.3) is 0 Å². The van der Waals surface area contributed by atoms with E-state index in [1.165, 1.54) is 4.88 Å². The average molecular weight is 265 g/mol. The molecule has 5 heteroatoms. The van der Waals surface area contributed by atoms with Crippen molar-refractivity contribution in [3.05, 3.63) is 34.1 Å². The zero-order valence-corrected chi connectivity index (χ0v) is 11.7. The summed E-state index contributed by atoms with van der Waals surface area (Å²) >= 11 is 1.78. The summed E-state index contributed by atoms with van der Waals surface area (Å²) in [6.45, 7) is 3.94. The lowest BCUT2D eigenvalue weighted by molar-refractivity contribution is 0.350. The van der Waals surface area contributed by atoms with Crippen molar-refractivity contribution in [1.29, 1.82) is 0 Å². The average Bonchev–Trinajstić information content (AvgIpc) is 3.00. The maximum atomic E-state index is 6.07. The number of nitrogens with two attached hydrogens (primary N) is 1. The molecule has 0 saturated heterocycles. The lowest BCUT2D eigenvalue weighted by Gasteiger charge is -2.16. The Bertz CT molecular complexity index is 476. The highest BCUT2D eigenvalue weighted by atomic mass is 32.1. The first-order chi connectivity index (χ1) is 8.62. The van der Waals surface area contributed by atoms with Crippen LogP contribution in [0.4, 0.5) is 0 Å². The fourth-order valence-corrected chi connectivity index (χ4v) is 2.37. The second-order valence-electron chi connectivity index (χ2n) is 4.72. The zero-order valence-electron chi connectivity index (χ0n) is 10.8. The van der Waals surface area contributed by atoms with Crippen LogP contribution in [0.3, 0.4) is 0 Å². The number of hydrogen-bond acceptors (Lipinski definition) is 5. The van der Waals surface area contributed by atoms with Gasteiger partial charge in [-0.25, -0.2) is 0 Å². The van der Waals surface area contributed by atoms with E-state index in [0.29, 0.717) is 11.7 Å². The number of nitrogens with zero attached hydrogens (tertiary/aromatic N) is 2. The summed E-state index contributed by atoms with van der Waals surface area (Å²) in [5.41, 5.74) is 5.58. The van der Waals surface area contributed by atoms with Crippen LogP contribution in [0.1, 0.15) is 43.3 Å². The first-order valence-corrected chi connectivity index (χ1v) is 7.14. The largest absolute Gasteiger partial charge is 0.339 e. The van der Waals surface area contributed by atoms with Crippen molar-refractivity contribution in [2.24, 2.45) is 5.73 Å². The zero-order chi connectivity index (χ0) is 13.0. The van der Waals surface area contributed by atoms with E-state index in [0.717, 1.165) is 25.7 Å². The molecule has 2 heterocycles. The van der Waals surface area contributed by atoms with E-state index in [4.69, 9.17) is 10.3 Å². The van der Waals surface area contributed by atoms with Crippen LogP contribution < -0.4 is 5.73 Å². The minimum absolute atomic E-state index is 0.491. The molecular weight excluding hydrogens is 246 g/mol. The van der Waals surface area contributed by atoms with Gasteiger partial charge >= 0.3 is 0 Å². The van der Waals surface area contributed by atoms with Gasteiger partial charge in [-0.05, 0) is 37.6 Å². The van der Waals surface area contributed by atoms with E-state index in [1.807, 2.05) is 13.8 Å². The van der Waals surface area contributed by atoms with Gasteiger partial charge in [0.05, 0.1) is 5.54 Å². The minimum atomic E-state index is -0.491. The van der Waals surface area contributed by atoms with Crippen molar-refractivity contribution in [2.75, 3.05) is 0 Å². The Kier molecular flexibility index (Phi) is 4.14. The summed E-state index contributed by atoms with van der Waals surface area (Å²) in [4.78, 5) is 5.77. The number of hydrogen-bond donors (Lipinski definition) is 1. The van der Waals surface area contributed by atoms with Crippen LogP contribution in [0.5, 0.6) is 0 Å². The van der Waals surface area contributed by atoms with Gasteiger partial charge in [-0.2, -0.15) is 4.98 Å². The molecule has 1 atom stereocenters. The Balaban J connectivity index is 1.87. The molecule has 4 nitrogen and oxygen atoms in total. The molecule has 0 spiro atoms. The van der Waals surface area contributed by atoms with Crippen molar-refractivity contribution in [1.82, 2.24) is 10.1 Å². The molecule has 2 aromatic rings. The Hall–Kier alpha value is -1.20. The Morgan fingerprint density at radius 3 is 2.94 bits per heavy atom. The van der Waals surface area contributed by atoms with Crippen molar-refractivity contribution >= 4 is 11.3 Å². The highest BCUT2D eigenvalue weighted by molar-refractivity contribution is 7.09.